The molecule has 146 valence electrons. The largest absolute Gasteiger partial charge is 0.444 e. The van der Waals surface area contributed by atoms with Crippen molar-refractivity contribution < 1.29 is 24.0 Å². The van der Waals surface area contributed by atoms with Crippen molar-refractivity contribution in [1.29, 1.82) is 0 Å². The summed E-state index contributed by atoms with van der Waals surface area (Å²) >= 11 is 0. The smallest absolute Gasteiger partial charge is 0.436 e. The van der Waals surface area contributed by atoms with Crippen LogP contribution in [0.3, 0.4) is 0 Å². The Morgan fingerprint density at radius 3 is 1.96 bits per heavy atom. The molecule has 0 atom stereocenters. The molecule has 0 unspecified atom stereocenters. The number of hydroxylamine groups is 2. The summed E-state index contributed by atoms with van der Waals surface area (Å²) in [5, 5.41) is 3.95. The van der Waals surface area contributed by atoms with Crippen molar-refractivity contribution >= 4 is 12.2 Å². The van der Waals surface area contributed by atoms with Crippen LogP contribution in [0.5, 0.6) is 0 Å². The van der Waals surface area contributed by atoms with Gasteiger partial charge in [0.1, 0.15) is 11.2 Å². The summed E-state index contributed by atoms with van der Waals surface area (Å²) in [5.41, 5.74) is -1.11. The van der Waals surface area contributed by atoms with Gasteiger partial charge in [-0.15, -0.1) is 0 Å². The van der Waals surface area contributed by atoms with E-state index in [0.29, 0.717) is 6.54 Å². The van der Waals surface area contributed by atoms with Gasteiger partial charge in [-0.1, -0.05) is 0 Å². The number of nitrogens with one attached hydrogen (secondary N) is 1. The average Bonchev–Trinajstić information content (AvgIpc) is 2.42. The lowest BCUT2D eigenvalue weighted by molar-refractivity contribution is -0.158. The molecule has 0 aromatic carbocycles. The molecule has 1 rings (SSSR count). The summed E-state index contributed by atoms with van der Waals surface area (Å²) in [7, 11) is 0. The van der Waals surface area contributed by atoms with Crippen LogP contribution in [0, 0.1) is 5.92 Å². The zero-order valence-corrected chi connectivity index (χ0v) is 16.3. The van der Waals surface area contributed by atoms with Crippen LogP contribution in [0.25, 0.3) is 0 Å². The highest BCUT2D eigenvalue weighted by molar-refractivity contribution is 5.68. The second kappa shape index (κ2) is 8.71. The molecule has 0 aromatic rings. The molecule has 2 amide bonds. The lowest BCUT2D eigenvalue weighted by atomic mass is 9.86. The number of hydrogen-bond acceptors (Lipinski definition) is 6. The molecule has 1 saturated carbocycles. The van der Waals surface area contributed by atoms with Crippen LogP contribution < -0.4 is 11.2 Å². The molecule has 8 heteroatoms. The van der Waals surface area contributed by atoms with Gasteiger partial charge in [0.15, 0.2) is 0 Å². The Labute approximate surface area is 150 Å². The summed E-state index contributed by atoms with van der Waals surface area (Å²) in [5.74, 6) is 5.46. The zero-order chi connectivity index (χ0) is 19.3. The number of carbonyl (C=O) groups excluding carboxylic acids is 2. The van der Waals surface area contributed by atoms with Crippen molar-refractivity contribution in [3.8, 4) is 0 Å². The van der Waals surface area contributed by atoms with Crippen molar-refractivity contribution in [2.75, 3.05) is 6.54 Å². The number of carbonyl (C=O) groups is 2. The van der Waals surface area contributed by atoms with Crippen molar-refractivity contribution in [2.24, 2.45) is 11.8 Å². The SMILES string of the molecule is CC(C)(C)OC(=O)NC1CCC(CN(ON)C(=O)OC(C)(C)C)CC1. The third-order valence-electron chi connectivity index (χ3n) is 3.72. The maximum Gasteiger partial charge on any atom is 0.436 e. The predicted molar refractivity (Wildman–Crippen MR) is 93.3 cm³/mol. The Hall–Kier alpha value is -1.54. The van der Waals surface area contributed by atoms with E-state index in [2.05, 4.69) is 10.3 Å². The number of ether oxygens (including phenoxy) is 2. The van der Waals surface area contributed by atoms with Gasteiger partial charge in [-0.25, -0.2) is 9.59 Å². The first kappa shape index (κ1) is 21.5. The van der Waals surface area contributed by atoms with Crippen LogP contribution in [0.4, 0.5) is 9.59 Å². The molecule has 8 nitrogen and oxygen atoms in total. The third-order valence-corrected chi connectivity index (χ3v) is 3.72. The van der Waals surface area contributed by atoms with Crippen LogP contribution in [0.15, 0.2) is 0 Å². The molecule has 3 N–H and O–H groups in total. The predicted octanol–water partition coefficient (Wildman–Crippen LogP) is 3.11. The summed E-state index contributed by atoms with van der Waals surface area (Å²) in [6.07, 6.45) is 2.35. The van der Waals surface area contributed by atoms with Crippen molar-refractivity contribution in [1.82, 2.24) is 10.4 Å². The maximum atomic E-state index is 12.0. The molecule has 0 aliphatic heterocycles. The normalized spacial score (nSPS) is 21.4. The van der Waals surface area contributed by atoms with E-state index in [-0.39, 0.29) is 12.0 Å². The van der Waals surface area contributed by atoms with E-state index in [9.17, 15) is 9.59 Å². The van der Waals surface area contributed by atoms with E-state index in [4.69, 9.17) is 15.4 Å². The standard InChI is InChI=1S/C17H33N3O5/c1-16(2,3)23-14(21)19-13-9-7-12(8-10-13)11-20(25-18)15(22)24-17(4,5)6/h12-13H,7-11,18H2,1-6H3,(H,19,21). The first-order valence-corrected chi connectivity index (χ1v) is 8.76. The summed E-state index contributed by atoms with van der Waals surface area (Å²) in [6.45, 7) is 11.2. The monoisotopic (exact) mass is 359 g/mol. The lowest BCUT2D eigenvalue weighted by Crippen LogP contribution is -2.44. The molecule has 0 aromatic heterocycles. The minimum atomic E-state index is -0.608. The molecule has 0 saturated heterocycles. The highest BCUT2D eigenvalue weighted by atomic mass is 16.8. The first-order chi connectivity index (χ1) is 11.4. The molecule has 0 bridgehead atoms. The van der Waals surface area contributed by atoms with E-state index in [1.165, 1.54) is 0 Å². The molecule has 0 heterocycles. The Morgan fingerprint density at radius 2 is 1.52 bits per heavy atom. The fourth-order valence-corrected chi connectivity index (χ4v) is 2.67. The second-order valence-corrected chi connectivity index (χ2v) is 8.51. The maximum absolute atomic E-state index is 12.0. The number of amides is 2. The van der Waals surface area contributed by atoms with Gasteiger partial charge in [0.25, 0.3) is 0 Å². The Morgan fingerprint density at radius 1 is 1.00 bits per heavy atom. The molecule has 1 aliphatic carbocycles. The van der Waals surface area contributed by atoms with Crippen molar-refractivity contribution in [3.63, 3.8) is 0 Å². The number of hydrogen-bond donors (Lipinski definition) is 2. The molecule has 1 fully saturated rings. The number of nitrogens with two attached hydrogens (primary N) is 1. The van der Waals surface area contributed by atoms with Gasteiger partial charge in [-0.3, -0.25) is 0 Å². The number of rotatable bonds is 4. The summed E-state index contributed by atoms with van der Waals surface area (Å²) in [6, 6.07) is 0.0832. The average molecular weight is 359 g/mol. The molecule has 25 heavy (non-hydrogen) atoms. The first-order valence-electron chi connectivity index (χ1n) is 8.76. The van der Waals surface area contributed by atoms with Gasteiger partial charge in [0.05, 0.1) is 6.54 Å². The molecular weight excluding hydrogens is 326 g/mol. The fraction of sp³-hybridized carbons (Fsp3) is 0.882. The Balaban J connectivity index is 2.40. The van der Waals surface area contributed by atoms with Gasteiger partial charge in [0, 0.05) is 6.04 Å². The van der Waals surface area contributed by atoms with Crippen LogP contribution in [0.2, 0.25) is 0 Å². The van der Waals surface area contributed by atoms with Gasteiger partial charge in [0.2, 0.25) is 0 Å². The number of nitrogens with zero attached hydrogens (tertiary/aromatic N) is 1. The third kappa shape index (κ3) is 8.92. The van der Waals surface area contributed by atoms with Crippen LogP contribution in [-0.2, 0) is 14.4 Å². The van der Waals surface area contributed by atoms with Crippen molar-refractivity contribution in [2.45, 2.75) is 84.5 Å². The minimum absolute atomic E-state index is 0.0832. The molecular formula is C17H33N3O5. The van der Waals surface area contributed by atoms with Gasteiger partial charge < -0.3 is 14.8 Å². The Bertz CT molecular complexity index is 448. The molecule has 0 radical (unpaired) electrons. The van der Waals surface area contributed by atoms with E-state index in [1.807, 2.05) is 20.8 Å². The number of alkyl carbamates (subject to hydrolysis) is 1. The minimum Gasteiger partial charge on any atom is -0.444 e. The van der Waals surface area contributed by atoms with Crippen LogP contribution >= 0.6 is 0 Å². The van der Waals surface area contributed by atoms with E-state index in [1.54, 1.807) is 20.8 Å². The van der Waals surface area contributed by atoms with Crippen LogP contribution in [-0.4, -0.2) is 41.0 Å². The van der Waals surface area contributed by atoms with E-state index in [0.717, 1.165) is 30.7 Å². The van der Waals surface area contributed by atoms with Gasteiger partial charge in [-0.2, -0.15) is 15.9 Å². The summed E-state index contributed by atoms with van der Waals surface area (Å²) < 4.78 is 10.5. The van der Waals surface area contributed by atoms with Gasteiger partial charge in [-0.05, 0) is 73.1 Å². The fourth-order valence-electron chi connectivity index (χ4n) is 2.67. The Kier molecular flexibility index (Phi) is 7.49. The van der Waals surface area contributed by atoms with Crippen molar-refractivity contribution in [3.05, 3.63) is 0 Å². The quantitative estimate of drug-likeness (QED) is 0.748. The van der Waals surface area contributed by atoms with Gasteiger partial charge >= 0.3 is 12.2 Å². The van der Waals surface area contributed by atoms with E-state index >= 15 is 0 Å². The highest BCUT2D eigenvalue weighted by Crippen LogP contribution is 2.26. The highest BCUT2D eigenvalue weighted by Gasteiger charge is 2.29. The molecule has 0 spiro atoms. The second-order valence-electron chi connectivity index (χ2n) is 8.51. The van der Waals surface area contributed by atoms with E-state index < -0.39 is 23.4 Å². The van der Waals surface area contributed by atoms with Crippen LogP contribution in [0.1, 0.15) is 67.2 Å². The topological polar surface area (TPSA) is 103 Å². The summed E-state index contributed by atoms with van der Waals surface area (Å²) in [4.78, 5) is 28.5. The molecule has 1 aliphatic rings. The lowest BCUT2D eigenvalue weighted by Gasteiger charge is -2.32. The zero-order valence-electron chi connectivity index (χ0n) is 16.3.